The number of hydrogen-bond donors (Lipinski definition) is 2. The highest BCUT2D eigenvalue weighted by Crippen LogP contribution is 2.25. The van der Waals surface area contributed by atoms with Crippen molar-refractivity contribution in [3.63, 3.8) is 0 Å². The molecular weight excluding hydrogens is 251 g/mol. The van der Waals surface area contributed by atoms with Gasteiger partial charge in [-0.15, -0.1) is 0 Å². The van der Waals surface area contributed by atoms with Crippen LogP contribution in [0, 0.1) is 5.82 Å². The number of nitrogens with one attached hydrogen (secondary N) is 1. The summed E-state index contributed by atoms with van der Waals surface area (Å²) in [5.74, 6) is -0.236. The SMILES string of the molecule is COCCOc1ccc(F)cc1NC(=O)CCCN. The van der Waals surface area contributed by atoms with Crippen LogP contribution in [0.4, 0.5) is 10.1 Å². The Balaban J connectivity index is 2.67. The van der Waals surface area contributed by atoms with E-state index in [4.69, 9.17) is 15.2 Å². The first-order valence-electron chi connectivity index (χ1n) is 6.08. The fourth-order valence-electron chi connectivity index (χ4n) is 1.44. The topological polar surface area (TPSA) is 73.6 Å². The van der Waals surface area contributed by atoms with Crippen molar-refractivity contribution >= 4 is 11.6 Å². The summed E-state index contributed by atoms with van der Waals surface area (Å²) in [4.78, 5) is 11.6. The number of carbonyl (C=O) groups is 1. The van der Waals surface area contributed by atoms with E-state index < -0.39 is 5.82 Å². The Kier molecular flexibility index (Phi) is 6.84. The van der Waals surface area contributed by atoms with Crippen LogP contribution in [0.25, 0.3) is 0 Å². The van der Waals surface area contributed by atoms with Gasteiger partial charge in [-0.1, -0.05) is 0 Å². The third-order valence-corrected chi connectivity index (χ3v) is 2.37. The molecule has 1 aromatic carbocycles. The predicted octanol–water partition coefficient (Wildman–Crippen LogP) is 1.53. The van der Waals surface area contributed by atoms with Crippen molar-refractivity contribution < 1.29 is 18.7 Å². The number of ether oxygens (including phenoxy) is 2. The molecule has 0 aromatic heterocycles. The highest BCUT2D eigenvalue weighted by Gasteiger charge is 2.09. The fourth-order valence-corrected chi connectivity index (χ4v) is 1.44. The van der Waals surface area contributed by atoms with Gasteiger partial charge in [0.15, 0.2) is 0 Å². The Morgan fingerprint density at radius 3 is 2.89 bits per heavy atom. The second kappa shape index (κ2) is 8.44. The van der Waals surface area contributed by atoms with Crippen molar-refractivity contribution in [2.45, 2.75) is 12.8 Å². The Hall–Kier alpha value is -1.66. The minimum absolute atomic E-state index is 0.215. The molecule has 0 aliphatic heterocycles. The molecule has 0 spiro atoms. The molecule has 0 unspecified atom stereocenters. The molecule has 5 nitrogen and oxygen atoms in total. The van der Waals surface area contributed by atoms with Crippen molar-refractivity contribution in [1.82, 2.24) is 0 Å². The second-order valence-electron chi connectivity index (χ2n) is 3.92. The normalized spacial score (nSPS) is 10.3. The molecular formula is C13H19FN2O3. The third kappa shape index (κ3) is 5.67. The molecule has 0 saturated heterocycles. The number of methoxy groups -OCH3 is 1. The predicted molar refractivity (Wildman–Crippen MR) is 70.7 cm³/mol. The second-order valence-corrected chi connectivity index (χ2v) is 3.92. The Morgan fingerprint density at radius 2 is 2.21 bits per heavy atom. The van der Waals surface area contributed by atoms with Crippen molar-refractivity contribution in [3.8, 4) is 5.75 Å². The van der Waals surface area contributed by atoms with Crippen LogP contribution in [0.5, 0.6) is 5.75 Å². The summed E-state index contributed by atoms with van der Waals surface area (Å²) >= 11 is 0. The number of benzene rings is 1. The van der Waals surface area contributed by atoms with Gasteiger partial charge in [-0.3, -0.25) is 4.79 Å². The molecule has 0 heterocycles. The van der Waals surface area contributed by atoms with Gasteiger partial charge in [0.05, 0.1) is 12.3 Å². The number of amides is 1. The Labute approximate surface area is 111 Å². The lowest BCUT2D eigenvalue weighted by Gasteiger charge is -2.12. The van der Waals surface area contributed by atoms with Crippen molar-refractivity contribution in [2.75, 3.05) is 32.2 Å². The number of anilines is 1. The van der Waals surface area contributed by atoms with Crippen LogP contribution in [-0.2, 0) is 9.53 Å². The van der Waals surface area contributed by atoms with Crippen molar-refractivity contribution in [1.29, 1.82) is 0 Å². The van der Waals surface area contributed by atoms with Gasteiger partial charge in [0.2, 0.25) is 5.91 Å². The van der Waals surface area contributed by atoms with E-state index in [1.54, 1.807) is 7.11 Å². The number of rotatable bonds is 8. The largest absolute Gasteiger partial charge is 0.489 e. The zero-order valence-electron chi connectivity index (χ0n) is 10.9. The summed E-state index contributed by atoms with van der Waals surface area (Å²) in [7, 11) is 1.56. The zero-order valence-corrected chi connectivity index (χ0v) is 10.9. The van der Waals surface area contributed by atoms with E-state index in [-0.39, 0.29) is 5.91 Å². The third-order valence-electron chi connectivity index (χ3n) is 2.37. The van der Waals surface area contributed by atoms with E-state index in [1.807, 2.05) is 0 Å². The van der Waals surface area contributed by atoms with Gasteiger partial charge in [-0.05, 0) is 25.1 Å². The van der Waals surface area contributed by atoms with Crippen LogP contribution in [-0.4, -0.2) is 32.8 Å². The van der Waals surface area contributed by atoms with Gasteiger partial charge in [-0.2, -0.15) is 0 Å². The fraction of sp³-hybridized carbons (Fsp3) is 0.462. The van der Waals surface area contributed by atoms with Crippen molar-refractivity contribution in [3.05, 3.63) is 24.0 Å². The lowest BCUT2D eigenvalue weighted by molar-refractivity contribution is -0.116. The molecule has 0 aliphatic carbocycles. The van der Waals surface area contributed by atoms with Crippen LogP contribution >= 0.6 is 0 Å². The number of nitrogens with two attached hydrogens (primary N) is 1. The molecule has 19 heavy (non-hydrogen) atoms. The minimum Gasteiger partial charge on any atom is -0.489 e. The van der Waals surface area contributed by atoms with Crippen LogP contribution in [0.3, 0.4) is 0 Å². The van der Waals surface area contributed by atoms with Crippen molar-refractivity contribution in [2.24, 2.45) is 5.73 Å². The molecule has 1 aromatic rings. The Morgan fingerprint density at radius 1 is 1.42 bits per heavy atom. The van der Waals surface area contributed by atoms with Crippen LogP contribution in [0.2, 0.25) is 0 Å². The molecule has 106 valence electrons. The van der Waals surface area contributed by atoms with Gasteiger partial charge < -0.3 is 20.5 Å². The zero-order chi connectivity index (χ0) is 14.1. The highest BCUT2D eigenvalue weighted by atomic mass is 19.1. The first-order valence-corrected chi connectivity index (χ1v) is 6.08. The molecule has 0 fully saturated rings. The minimum atomic E-state index is -0.437. The van der Waals surface area contributed by atoms with E-state index in [0.717, 1.165) is 0 Å². The average Bonchev–Trinajstić information content (AvgIpc) is 2.39. The molecule has 6 heteroatoms. The van der Waals surface area contributed by atoms with E-state index in [0.29, 0.717) is 44.0 Å². The van der Waals surface area contributed by atoms with E-state index in [9.17, 15) is 9.18 Å². The quantitative estimate of drug-likeness (QED) is 0.703. The summed E-state index contributed by atoms with van der Waals surface area (Å²) in [5, 5.41) is 2.61. The maximum atomic E-state index is 13.2. The molecule has 3 N–H and O–H groups in total. The molecule has 0 atom stereocenters. The summed E-state index contributed by atoms with van der Waals surface area (Å²) in [6.07, 6.45) is 0.880. The van der Waals surface area contributed by atoms with E-state index >= 15 is 0 Å². The molecule has 0 aliphatic rings. The Bertz CT molecular complexity index is 413. The monoisotopic (exact) mass is 270 g/mol. The molecule has 1 rings (SSSR count). The van der Waals surface area contributed by atoms with Gasteiger partial charge in [0.1, 0.15) is 18.2 Å². The highest BCUT2D eigenvalue weighted by molar-refractivity contribution is 5.92. The summed E-state index contributed by atoms with van der Waals surface area (Å²) in [6, 6.07) is 3.98. The van der Waals surface area contributed by atoms with Gasteiger partial charge >= 0.3 is 0 Å². The summed E-state index contributed by atoms with van der Waals surface area (Å²) in [5.41, 5.74) is 5.64. The lowest BCUT2D eigenvalue weighted by atomic mass is 10.2. The molecule has 1 amide bonds. The van der Waals surface area contributed by atoms with Crippen LogP contribution in [0.15, 0.2) is 18.2 Å². The van der Waals surface area contributed by atoms with E-state index in [1.165, 1.54) is 18.2 Å². The van der Waals surface area contributed by atoms with Gasteiger partial charge in [0.25, 0.3) is 0 Å². The van der Waals surface area contributed by atoms with Gasteiger partial charge in [0, 0.05) is 19.6 Å². The smallest absolute Gasteiger partial charge is 0.224 e. The first kappa shape index (κ1) is 15.4. The maximum Gasteiger partial charge on any atom is 0.224 e. The number of hydrogen-bond acceptors (Lipinski definition) is 4. The van der Waals surface area contributed by atoms with Crippen LogP contribution in [0.1, 0.15) is 12.8 Å². The van der Waals surface area contributed by atoms with Crippen LogP contribution < -0.4 is 15.8 Å². The number of carbonyl (C=O) groups excluding carboxylic acids is 1. The summed E-state index contributed by atoms with van der Waals surface area (Å²) < 4.78 is 23.5. The molecule has 0 radical (unpaired) electrons. The number of halogens is 1. The molecule has 0 saturated carbocycles. The van der Waals surface area contributed by atoms with E-state index in [2.05, 4.69) is 5.32 Å². The first-order chi connectivity index (χ1) is 9.17. The summed E-state index contributed by atoms with van der Waals surface area (Å²) in [6.45, 7) is 1.18. The maximum absolute atomic E-state index is 13.2. The van der Waals surface area contributed by atoms with Gasteiger partial charge in [-0.25, -0.2) is 4.39 Å². The average molecular weight is 270 g/mol. The standard InChI is InChI=1S/C13H19FN2O3/c1-18-7-8-19-12-5-4-10(14)9-11(12)16-13(17)3-2-6-15/h4-5,9H,2-3,6-8,15H2,1H3,(H,16,17). The lowest BCUT2D eigenvalue weighted by Crippen LogP contribution is -2.15. The molecule has 0 bridgehead atoms.